The second-order valence-corrected chi connectivity index (χ2v) is 7.20. The topological polar surface area (TPSA) is 107 Å². The summed E-state index contributed by atoms with van der Waals surface area (Å²) < 4.78 is 0. The van der Waals surface area contributed by atoms with Crippen LogP contribution >= 0.6 is 11.8 Å². The molecule has 1 unspecified atom stereocenters. The van der Waals surface area contributed by atoms with Crippen LogP contribution in [-0.4, -0.2) is 34.4 Å². The lowest BCUT2D eigenvalue weighted by atomic mass is 10.1. The molecule has 0 saturated heterocycles. The van der Waals surface area contributed by atoms with Crippen molar-refractivity contribution in [2.45, 2.75) is 24.8 Å². The third-order valence-corrected chi connectivity index (χ3v) is 5.37. The number of nitrogens with two attached hydrogens (primary N) is 1. The molecule has 2 rings (SSSR count). The maximum atomic E-state index is 12.5. The van der Waals surface area contributed by atoms with Crippen LogP contribution in [0.2, 0.25) is 0 Å². The van der Waals surface area contributed by atoms with Gasteiger partial charge in [0.25, 0.3) is 5.69 Å². The van der Waals surface area contributed by atoms with Crippen LogP contribution in [0.4, 0.5) is 5.69 Å². The van der Waals surface area contributed by atoms with Crippen molar-refractivity contribution in [2.24, 2.45) is 5.73 Å². The predicted molar refractivity (Wildman–Crippen MR) is 105 cm³/mol. The fourth-order valence-corrected chi connectivity index (χ4v) is 3.39. The van der Waals surface area contributed by atoms with Crippen molar-refractivity contribution in [2.75, 3.05) is 12.8 Å². The van der Waals surface area contributed by atoms with E-state index in [9.17, 15) is 19.7 Å². The largest absolute Gasteiger partial charge is 0.366 e. The highest BCUT2D eigenvalue weighted by Gasteiger charge is 2.21. The Morgan fingerprint density at radius 3 is 2.41 bits per heavy atom. The number of benzene rings is 2. The van der Waals surface area contributed by atoms with Gasteiger partial charge in [-0.15, -0.1) is 11.8 Å². The number of hydrogen-bond donors (Lipinski definition) is 1. The van der Waals surface area contributed by atoms with E-state index in [1.165, 1.54) is 12.1 Å². The van der Waals surface area contributed by atoms with Crippen LogP contribution in [-0.2, 0) is 4.79 Å². The van der Waals surface area contributed by atoms with E-state index >= 15 is 0 Å². The van der Waals surface area contributed by atoms with Crippen molar-refractivity contribution < 1.29 is 14.5 Å². The van der Waals surface area contributed by atoms with Crippen LogP contribution in [0.5, 0.6) is 0 Å². The Morgan fingerprint density at radius 1 is 1.22 bits per heavy atom. The number of nitrogens with zero attached hydrogens (tertiary/aromatic N) is 2. The van der Waals surface area contributed by atoms with Crippen molar-refractivity contribution in [3.63, 3.8) is 0 Å². The maximum Gasteiger partial charge on any atom is 0.283 e. The van der Waals surface area contributed by atoms with Crippen LogP contribution in [0, 0.1) is 17.0 Å². The first-order chi connectivity index (χ1) is 12.7. The van der Waals surface area contributed by atoms with Gasteiger partial charge in [0.15, 0.2) is 0 Å². The molecular formula is C19H21N3O4S. The fraction of sp³-hybridized carbons (Fsp3) is 0.263. The number of rotatable bonds is 7. The van der Waals surface area contributed by atoms with Gasteiger partial charge in [0.2, 0.25) is 11.8 Å². The molecule has 0 fully saturated rings. The summed E-state index contributed by atoms with van der Waals surface area (Å²) in [4.78, 5) is 36.3. The van der Waals surface area contributed by atoms with Gasteiger partial charge < -0.3 is 10.6 Å². The molecule has 0 aliphatic rings. The summed E-state index contributed by atoms with van der Waals surface area (Å²) >= 11 is 1.06. The summed E-state index contributed by atoms with van der Waals surface area (Å²) in [5.41, 5.74) is 7.14. The molecule has 2 N–H and O–H groups in total. The first-order valence-corrected chi connectivity index (χ1v) is 9.22. The molecule has 0 aliphatic heterocycles. The summed E-state index contributed by atoms with van der Waals surface area (Å²) in [6.07, 6.45) is 0. The second-order valence-electron chi connectivity index (χ2n) is 6.18. The third kappa shape index (κ3) is 5.07. The minimum atomic E-state index is -0.739. The standard InChI is InChI=1S/C19H21N3O4S/c1-12-4-6-14(7-5-12)13(2)21(3)18(23)11-27-17-9-8-15(19(20)24)10-16(17)22(25)26/h4-10,13H,11H2,1-3H3,(H2,20,24). The number of thioether (sulfide) groups is 1. The molecule has 0 aromatic heterocycles. The van der Waals surface area contributed by atoms with Crippen molar-refractivity contribution in [1.82, 2.24) is 4.90 Å². The monoisotopic (exact) mass is 387 g/mol. The molecule has 0 heterocycles. The third-order valence-electron chi connectivity index (χ3n) is 4.33. The predicted octanol–water partition coefficient (Wildman–Crippen LogP) is 3.31. The second kappa shape index (κ2) is 8.68. The van der Waals surface area contributed by atoms with Gasteiger partial charge >= 0.3 is 0 Å². The Morgan fingerprint density at radius 2 is 1.85 bits per heavy atom. The number of nitro benzene ring substituents is 1. The molecule has 0 saturated carbocycles. The minimum absolute atomic E-state index is 0.0451. The maximum absolute atomic E-state index is 12.5. The molecule has 0 spiro atoms. The van der Waals surface area contributed by atoms with Gasteiger partial charge in [0, 0.05) is 18.7 Å². The van der Waals surface area contributed by atoms with Gasteiger partial charge in [0.1, 0.15) is 0 Å². The number of carbonyl (C=O) groups excluding carboxylic acids is 2. The zero-order chi connectivity index (χ0) is 20.1. The molecule has 7 nitrogen and oxygen atoms in total. The molecule has 1 atom stereocenters. The number of nitro groups is 1. The van der Waals surface area contributed by atoms with Gasteiger partial charge in [-0.05, 0) is 31.5 Å². The molecule has 27 heavy (non-hydrogen) atoms. The van der Waals surface area contributed by atoms with E-state index in [1.54, 1.807) is 11.9 Å². The number of carbonyl (C=O) groups is 2. The summed E-state index contributed by atoms with van der Waals surface area (Å²) in [6.45, 7) is 3.92. The van der Waals surface area contributed by atoms with Gasteiger partial charge in [-0.3, -0.25) is 19.7 Å². The van der Waals surface area contributed by atoms with Gasteiger partial charge in [-0.1, -0.05) is 29.8 Å². The summed E-state index contributed by atoms with van der Waals surface area (Å²) in [7, 11) is 1.71. The SMILES string of the molecule is Cc1ccc(C(C)N(C)C(=O)CSc2ccc(C(N)=O)cc2[N+](=O)[O-])cc1. The van der Waals surface area contributed by atoms with Crippen LogP contribution in [0.1, 0.15) is 34.5 Å². The lowest BCUT2D eigenvalue weighted by Crippen LogP contribution is -2.31. The van der Waals surface area contributed by atoms with Crippen LogP contribution in [0.3, 0.4) is 0 Å². The first-order valence-electron chi connectivity index (χ1n) is 8.24. The van der Waals surface area contributed by atoms with Gasteiger partial charge in [-0.2, -0.15) is 0 Å². The lowest BCUT2D eigenvalue weighted by molar-refractivity contribution is -0.387. The summed E-state index contributed by atoms with van der Waals surface area (Å²) in [5, 5.41) is 11.2. The number of primary amides is 1. The lowest BCUT2D eigenvalue weighted by Gasteiger charge is -2.25. The Balaban J connectivity index is 2.09. The first kappa shape index (κ1) is 20.4. The Labute approximate surface area is 161 Å². The van der Waals surface area contributed by atoms with Gasteiger partial charge in [-0.25, -0.2) is 0 Å². The van der Waals surface area contributed by atoms with E-state index in [0.29, 0.717) is 4.90 Å². The summed E-state index contributed by atoms with van der Waals surface area (Å²) in [5.74, 6) is -0.845. The van der Waals surface area contributed by atoms with E-state index in [4.69, 9.17) is 5.73 Å². The molecule has 142 valence electrons. The average Bonchev–Trinajstić information content (AvgIpc) is 2.65. The van der Waals surface area contributed by atoms with Crippen molar-refractivity contribution in [3.8, 4) is 0 Å². The number of hydrogen-bond acceptors (Lipinski definition) is 5. The molecule has 2 aromatic carbocycles. The van der Waals surface area contributed by atoms with Crippen molar-refractivity contribution >= 4 is 29.3 Å². The van der Waals surface area contributed by atoms with E-state index in [0.717, 1.165) is 29.0 Å². The highest BCUT2D eigenvalue weighted by molar-refractivity contribution is 8.00. The summed E-state index contributed by atoms with van der Waals surface area (Å²) in [6, 6.07) is 11.8. The van der Waals surface area contributed by atoms with E-state index in [1.807, 2.05) is 38.1 Å². The number of amides is 2. The molecule has 0 bridgehead atoms. The van der Waals surface area contributed by atoms with Crippen molar-refractivity contribution in [1.29, 1.82) is 0 Å². The smallest absolute Gasteiger partial charge is 0.283 e. The fourth-order valence-electron chi connectivity index (χ4n) is 2.46. The highest BCUT2D eigenvalue weighted by atomic mass is 32.2. The Hall–Kier alpha value is -2.87. The zero-order valence-electron chi connectivity index (χ0n) is 15.3. The highest BCUT2D eigenvalue weighted by Crippen LogP contribution is 2.31. The zero-order valence-corrected chi connectivity index (χ0v) is 16.2. The van der Waals surface area contributed by atoms with E-state index in [-0.39, 0.29) is 29.0 Å². The number of aryl methyl sites for hydroxylation is 1. The molecule has 2 amide bonds. The normalized spacial score (nSPS) is 11.7. The minimum Gasteiger partial charge on any atom is -0.366 e. The van der Waals surface area contributed by atoms with E-state index in [2.05, 4.69) is 0 Å². The molecule has 2 aromatic rings. The van der Waals surface area contributed by atoms with Crippen LogP contribution in [0.15, 0.2) is 47.4 Å². The Kier molecular flexibility index (Phi) is 6.57. The average molecular weight is 387 g/mol. The Bertz CT molecular complexity index is 868. The molecule has 0 aliphatic carbocycles. The van der Waals surface area contributed by atoms with Crippen LogP contribution < -0.4 is 5.73 Å². The van der Waals surface area contributed by atoms with Crippen LogP contribution in [0.25, 0.3) is 0 Å². The quantitative estimate of drug-likeness (QED) is 0.446. The molecule has 8 heteroatoms. The van der Waals surface area contributed by atoms with E-state index < -0.39 is 10.8 Å². The van der Waals surface area contributed by atoms with Crippen molar-refractivity contribution in [3.05, 3.63) is 69.3 Å². The molecule has 0 radical (unpaired) electrons. The van der Waals surface area contributed by atoms with Gasteiger partial charge in [0.05, 0.1) is 21.6 Å². The molecular weight excluding hydrogens is 366 g/mol.